The molecule has 0 radical (unpaired) electrons. The summed E-state index contributed by atoms with van der Waals surface area (Å²) in [4.78, 5) is 36.0. The number of rotatable bonds is 5. The Balaban J connectivity index is 1.36. The number of fused-ring (bicyclic) bond motifs is 1. The fraction of sp³-hybridized carbons (Fsp3) is 0.333. The molecule has 2 aliphatic rings. The molecular weight excluding hydrogens is 354 g/mol. The number of amides is 3. The second-order valence-electron chi connectivity index (χ2n) is 6.19. The van der Waals surface area contributed by atoms with Crippen LogP contribution in [0.2, 0.25) is 0 Å². The van der Waals surface area contributed by atoms with E-state index in [4.69, 9.17) is 14.0 Å². The first kappa shape index (κ1) is 17.1. The van der Waals surface area contributed by atoms with Gasteiger partial charge in [0.1, 0.15) is 25.5 Å². The van der Waals surface area contributed by atoms with Crippen LogP contribution in [0.4, 0.5) is 0 Å². The summed E-state index contributed by atoms with van der Waals surface area (Å²) in [6.07, 6.45) is 0.322. The van der Waals surface area contributed by atoms with Crippen LogP contribution in [0.5, 0.6) is 11.5 Å². The van der Waals surface area contributed by atoms with E-state index in [0.717, 1.165) is 10.5 Å². The number of aromatic nitrogens is 1. The van der Waals surface area contributed by atoms with Gasteiger partial charge in [0.15, 0.2) is 17.3 Å². The van der Waals surface area contributed by atoms with Gasteiger partial charge in [-0.05, 0) is 18.2 Å². The Labute approximate surface area is 154 Å². The molecule has 9 heteroatoms. The van der Waals surface area contributed by atoms with E-state index >= 15 is 0 Å². The maximum absolute atomic E-state index is 12.0. The van der Waals surface area contributed by atoms with Gasteiger partial charge in [-0.3, -0.25) is 19.3 Å². The van der Waals surface area contributed by atoms with Crippen molar-refractivity contribution >= 4 is 17.7 Å². The number of benzene rings is 1. The Morgan fingerprint density at radius 1 is 1.07 bits per heavy atom. The highest BCUT2D eigenvalue weighted by molar-refractivity contribution is 6.04. The van der Waals surface area contributed by atoms with Crippen LogP contribution in [0.25, 0.3) is 11.3 Å². The molecule has 1 fully saturated rings. The normalized spacial score (nSPS) is 15.9. The molecule has 1 aromatic heterocycles. The van der Waals surface area contributed by atoms with Crippen molar-refractivity contribution in [1.82, 2.24) is 15.4 Å². The third-order valence-corrected chi connectivity index (χ3v) is 4.31. The van der Waals surface area contributed by atoms with Gasteiger partial charge in [0.2, 0.25) is 17.7 Å². The summed E-state index contributed by atoms with van der Waals surface area (Å²) in [7, 11) is 0. The summed E-state index contributed by atoms with van der Waals surface area (Å²) in [6.45, 7) is 0.868. The molecule has 1 aromatic carbocycles. The predicted octanol–water partition coefficient (Wildman–Crippen LogP) is 0.878. The average molecular weight is 371 g/mol. The molecule has 27 heavy (non-hydrogen) atoms. The minimum absolute atomic E-state index is 0.128. The molecule has 0 atom stereocenters. The number of hydrogen-bond acceptors (Lipinski definition) is 7. The summed E-state index contributed by atoms with van der Waals surface area (Å²) >= 11 is 0. The molecular formula is C18H17N3O6. The average Bonchev–Trinajstić information content (AvgIpc) is 3.28. The number of hydrogen-bond donors (Lipinski definition) is 1. The van der Waals surface area contributed by atoms with E-state index < -0.39 is 5.91 Å². The molecule has 2 aliphatic heterocycles. The van der Waals surface area contributed by atoms with Gasteiger partial charge in [0.25, 0.3) is 0 Å². The Bertz CT molecular complexity index is 890. The smallest absolute Gasteiger partial charge is 0.240 e. The molecule has 1 saturated heterocycles. The van der Waals surface area contributed by atoms with E-state index in [9.17, 15) is 14.4 Å². The summed E-state index contributed by atoms with van der Waals surface area (Å²) in [5.41, 5.74) is 1.30. The molecule has 1 N–H and O–H groups in total. The predicted molar refractivity (Wildman–Crippen MR) is 90.7 cm³/mol. The minimum atomic E-state index is -0.428. The maximum atomic E-state index is 12.0. The van der Waals surface area contributed by atoms with E-state index in [1.165, 1.54) is 0 Å². The van der Waals surface area contributed by atoms with Gasteiger partial charge in [-0.25, -0.2) is 0 Å². The fourth-order valence-corrected chi connectivity index (χ4v) is 2.92. The van der Waals surface area contributed by atoms with E-state index in [0.29, 0.717) is 36.2 Å². The second-order valence-corrected chi connectivity index (χ2v) is 6.19. The van der Waals surface area contributed by atoms with Gasteiger partial charge >= 0.3 is 0 Å². The van der Waals surface area contributed by atoms with Crippen LogP contribution in [-0.4, -0.2) is 47.5 Å². The third kappa shape index (κ3) is 3.62. The first-order chi connectivity index (χ1) is 13.1. The Morgan fingerprint density at radius 2 is 1.81 bits per heavy atom. The van der Waals surface area contributed by atoms with Crippen molar-refractivity contribution in [3.8, 4) is 22.8 Å². The number of likely N-dealkylation sites (tertiary alicyclic amines) is 1. The lowest BCUT2D eigenvalue weighted by Gasteiger charge is -2.18. The first-order valence-electron chi connectivity index (χ1n) is 8.55. The highest BCUT2D eigenvalue weighted by atomic mass is 16.6. The first-order valence-corrected chi connectivity index (χ1v) is 8.55. The van der Waals surface area contributed by atoms with Crippen molar-refractivity contribution in [2.24, 2.45) is 0 Å². The molecule has 2 aromatic rings. The molecule has 0 unspecified atom stereocenters. The van der Waals surface area contributed by atoms with Crippen LogP contribution >= 0.6 is 0 Å². The topological polar surface area (TPSA) is 111 Å². The highest BCUT2D eigenvalue weighted by Gasteiger charge is 2.30. The zero-order valence-electron chi connectivity index (χ0n) is 14.4. The summed E-state index contributed by atoms with van der Waals surface area (Å²) in [6, 6.07) is 7.15. The highest BCUT2D eigenvalue weighted by Crippen LogP contribution is 2.34. The van der Waals surface area contributed by atoms with E-state index in [1.807, 2.05) is 12.1 Å². The molecule has 4 rings (SSSR count). The minimum Gasteiger partial charge on any atom is -0.486 e. The lowest BCUT2D eigenvalue weighted by Crippen LogP contribution is -2.39. The molecule has 140 valence electrons. The molecule has 9 nitrogen and oxygen atoms in total. The van der Waals surface area contributed by atoms with Crippen molar-refractivity contribution in [3.05, 3.63) is 30.0 Å². The van der Waals surface area contributed by atoms with Crippen molar-refractivity contribution in [2.75, 3.05) is 19.8 Å². The molecule has 0 bridgehead atoms. The van der Waals surface area contributed by atoms with Crippen LogP contribution in [0.1, 0.15) is 18.5 Å². The van der Waals surface area contributed by atoms with E-state index in [2.05, 4.69) is 10.5 Å². The van der Waals surface area contributed by atoms with Gasteiger partial charge in [-0.15, -0.1) is 0 Å². The van der Waals surface area contributed by atoms with Gasteiger partial charge < -0.3 is 19.3 Å². The number of nitrogens with one attached hydrogen (secondary N) is 1. The largest absolute Gasteiger partial charge is 0.486 e. The monoisotopic (exact) mass is 371 g/mol. The van der Waals surface area contributed by atoms with Crippen molar-refractivity contribution in [1.29, 1.82) is 0 Å². The lowest BCUT2D eigenvalue weighted by atomic mass is 10.1. The number of carbonyl (C=O) groups is 3. The van der Waals surface area contributed by atoms with Gasteiger partial charge in [0, 0.05) is 24.5 Å². The number of ether oxygens (including phenoxy) is 2. The Hall–Kier alpha value is -3.36. The van der Waals surface area contributed by atoms with E-state index in [-0.39, 0.29) is 37.7 Å². The van der Waals surface area contributed by atoms with Crippen LogP contribution in [0.3, 0.4) is 0 Å². The molecule has 0 spiro atoms. The van der Waals surface area contributed by atoms with Gasteiger partial charge in [-0.1, -0.05) is 5.16 Å². The number of imide groups is 1. The Morgan fingerprint density at radius 3 is 2.59 bits per heavy atom. The zero-order valence-corrected chi connectivity index (χ0v) is 14.4. The van der Waals surface area contributed by atoms with Crippen LogP contribution in [-0.2, 0) is 20.9 Å². The van der Waals surface area contributed by atoms with Crippen molar-refractivity contribution < 1.29 is 28.4 Å². The summed E-state index contributed by atoms with van der Waals surface area (Å²) < 4.78 is 16.4. The standard InChI is InChI=1S/C18H17N3O6/c22-16(10-21-17(23)3-4-18(21)24)19-9-12-8-14(27-20-12)11-1-2-13-15(7-11)26-6-5-25-13/h1-2,7-8H,3-6,9-10H2,(H,19,22). The zero-order chi connectivity index (χ0) is 18.8. The fourth-order valence-electron chi connectivity index (χ4n) is 2.92. The van der Waals surface area contributed by atoms with Crippen LogP contribution in [0, 0.1) is 0 Å². The number of nitrogens with zero attached hydrogens (tertiary/aromatic N) is 2. The summed E-state index contributed by atoms with van der Waals surface area (Å²) in [5.74, 6) is 0.784. The Kier molecular flexibility index (Phi) is 4.49. The molecule has 0 saturated carbocycles. The van der Waals surface area contributed by atoms with Gasteiger partial charge in [-0.2, -0.15) is 0 Å². The molecule has 3 amide bonds. The number of carbonyl (C=O) groups excluding carboxylic acids is 3. The summed E-state index contributed by atoms with van der Waals surface area (Å²) in [5, 5.41) is 6.56. The maximum Gasteiger partial charge on any atom is 0.240 e. The van der Waals surface area contributed by atoms with Crippen molar-refractivity contribution in [2.45, 2.75) is 19.4 Å². The quantitative estimate of drug-likeness (QED) is 0.777. The third-order valence-electron chi connectivity index (χ3n) is 4.31. The van der Waals surface area contributed by atoms with Crippen LogP contribution in [0.15, 0.2) is 28.8 Å². The van der Waals surface area contributed by atoms with Crippen molar-refractivity contribution in [3.63, 3.8) is 0 Å². The SMILES string of the molecule is O=C(CN1C(=O)CCC1=O)NCc1cc(-c2ccc3c(c2)OCCO3)on1. The lowest BCUT2D eigenvalue weighted by molar-refractivity contribution is -0.142. The van der Waals surface area contributed by atoms with E-state index in [1.54, 1.807) is 12.1 Å². The second kappa shape index (κ2) is 7.10. The molecule has 3 heterocycles. The molecule has 0 aliphatic carbocycles. The van der Waals surface area contributed by atoms with Gasteiger partial charge in [0.05, 0.1) is 6.54 Å². The van der Waals surface area contributed by atoms with Crippen LogP contribution < -0.4 is 14.8 Å².